The second kappa shape index (κ2) is 5.29. The maximum Gasteiger partial charge on any atom is 0.326 e. The quantitative estimate of drug-likeness (QED) is 0.831. The minimum atomic E-state index is -0.893. The van der Waals surface area contributed by atoms with E-state index in [0.29, 0.717) is 0 Å². The third-order valence-corrected chi connectivity index (χ3v) is 4.59. The van der Waals surface area contributed by atoms with Crippen molar-refractivity contribution in [3.8, 4) is 0 Å². The van der Waals surface area contributed by atoms with Crippen molar-refractivity contribution < 1.29 is 14.7 Å². The number of hydrogen-bond acceptors (Lipinski definition) is 3. The summed E-state index contributed by atoms with van der Waals surface area (Å²) in [5, 5.41) is 9.08. The Balaban J connectivity index is 2.04. The van der Waals surface area contributed by atoms with Crippen molar-refractivity contribution in [3.63, 3.8) is 0 Å². The SMILES string of the molecule is CC(C(=O)O)N(C(=O)C1CCSCC1)C1CC1. The lowest BCUT2D eigenvalue weighted by molar-refractivity contribution is -0.152. The summed E-state index contributed by atoms with van der Waals surface area (Å²) in [7, 11) is 0. The van der Waals surface area contributed by atoms with Gasteiger partial charge in [0.15, 0.2) is 0 Å². The topological polar surface area (TPSA) is 57.6 Å². The Hall–Kier alpha value is -0.710. The second-order valence-corrected chi connectivity index (χ2v) is 6.10. The summed E-state index contributed by atoms with van der Waals surface area (Å²) in [6.07, 6.45) is 3.73. The lowest BCUT2D eigenvalue weighted by Crippen LogP contribution is -2.47. The normalized spacial score (nSPS) is 23.1. The molecule has 1 saturated heterocycles. The van der Waals surface area contributed by atoms with Gasteiger partial charge in [0.25, 0.3) is 0 Å². The molecule has 2 aliphatic rings. The van der Waals surface area contributed by atoms with Crippen LogP contribution in [0.1, 0.15) is 32.6 Å². The molecule has 0 spiro atoms. The van der Waals surface area contributed by atoms with Crippen LogP contribution in [0.2, 0.25) is 0 Å². The molecular weight excluding hydrogens is 238 g/mol. The number of rotatable bonds is 4. The van der Waals surface area contributed by atoms with E-state index in [9.17, 15) is 9.59 Å². The Morgan fingerprint density at radius 1 is 1.24 bits per heavy atom. The standard InChI is InChI=1S/C12H19NO3S/c1-8(12(15)16)13(10-2-3-10)11(14)9-4-6-17-7-5-9/h8-10H,2-7H2,1H3,(H,15,16). The van der Waals surface area contributed by atoms with Crippen molar-refractivity contribution in [3.05, 3.63) is 0 Å². The molecule has 0 bridgehead atoms. The number of carboxylic acids is 1. The fourth-order valence-corrected chi connectivity index (χ4v) is 3.42. The van der Waals surface area contributed by atoms with Crippen LogP contribution in [0.4, 0.5) is 0 Å². The predicted molar refractivity (Wildman–Crippen MR) is 67.0 cm³/mol. The zero-order valence-corrected chi connectivity index (χ0v) is 10.9. The zero-order chi connectivity index (χ0) is 12.4. The molecule has 1 atom stereocenters. The third kappa shape index (κ3) is 2.94. The fraction of sp³-hybridized carbons (Fsp3) is 0.833. The summed E-state index contributed by atoms with van der Waals surface area (Å²) in [5.41, 5.74) is 0. The van der Waals surface area contributed by atoms with E-state index in [0.717, 1.165) is 37.2 Å². The average molecular weight is 257 g/mol. The molecule has 4 nitrogen and oxygen atoms in total. The van der Waals surface area contributed by atoms with E-state index >= 15 is 0 Å². The van der Waals surface area contributed by atoms with Crippen molar-refractivity contribution >= 4 is 23.6 Å². The third-order valence-electron chi connectivity index (χ3n) is 3.54. The van der Waals surface area contributed by atoms with Gasteiger partial charge < -0.3 is 10.0 Å². The van der Waals surface area contributed by atoms with E-state index in [1.54, 1.807) is 11.8 Å². The highest BCUT2D eigenvalue weighted by Crippen LogP contribution is 2.33. The summed E-state index contributed by atoms with van der Waals surface area (Å²) in [4.78, 5) is 25.1. The first-order valence-electron chi connectivity index (χ1n) is 6.24. The first kappa shape index (κ1) is 12.7. The second-order valence-electron chi connectivity index (χ2n) is 4.88. The highest BCUT2D eigenvalue weighted by Gasteiger charge is 2.40. The van der Waals surface area contributed by atoms with Gasteiger partial charge in [-0.05, 0) is 44.1 Å². The fourth-order valence-electron chi connectivity index (χ4n) is 2.31. The van der Waals surface area contributed by atoms with Crippen molar-refractivity contribution in [2.24, 2.45) is 5.92 Å². The van der Waals surface area contributed by atoms with Crippen LogP contribution in [0.15, 0.2) is 0 Å². The van der Waals surface area contributed by atoms with Gasteiger partial charge in [-0.25, -0.2) is 4.79 Å². The molecule has 17 heavy (non-hydrogen) atoms. The van der Waals surface area contributed by atoms with Crippen LogP contribution in [0, 0.1) is 5.92 Å². The molecule has 0 aromatic carbocycles. The Kier molecular flexibility index (Phi) is 3.97. The van der Waals surface area contributed by atoms with Gasteiger partial charge in [-0.1, -0.05) is 0 Å². The number of nitrogens with zero attached hydrogens (tertiary/aromatic N) is 1. The van der Waals surface area contributed by atoms with Crippen LogP contribution in [-0.2, 0) is 9.59 Å². The molecule has 2 rings (SSSR count). The molecule has 2 fully saturated rings. The molecule has 96 valence electrons. The molecule has 0 aromatic heterocycles. The molecule has 1 aliphatic heterocycles. The number of aliphatic carboxylic acids is 1. The minimum Gasteiger partial charge on any atom is -0.480 e. The van der Waals surface area contributed by atoms with Gasteiger partial charge in [-0.2, -0.15) is 11.8 Å². The molecule has 5 heteroatoms. The molecule has 0 radical (unpaired) electrons. The Bertz CT molecular complexity index is 311. The first-order valence-corrected chi connectivity index (χ1v) is 7.39. The summed E-state index contributed by atoms with van der Waals surface area (Å²) in [5.74, 6) is 1.28. The molecule has 1 aliphatic carbocycles. The van der Waals surface area contributed by atoms with Crippen LogP contribution >= 0.6 is 11.8 Å². The number of carboxylic acid groups (broad SMARTS) is 1. The van der Waals surface area contributed by atoms with Gasteiger partial charge in [0.1, 0.15) is 6.04 Å². The number of carbonyl (C=O) groups excluding carboxylic acids is 1. The van der Waals surface area contributed by atoms with E-state index in [2.05, 4.69) is 0 Å². The number of amides is 1. The van der Waals surface area contributed by atoms with E-state index in [-0.39, 0.29) is 17.9 Å². The lowest BCUT2D eigenvalue weighted by atomic mass is 10.00. The van der Waals surface area contributed by atoms with Gasteiger partial charge in [-0.3, -0.25) is 4.79 Å². The van der Waals surface area contributed by atoms with E-state index in [1.165, 1.54) is 0 Å². The van der Waals surface area contributed by atoms with Crippen LogP contribution < -0.4 is 0 Å². The number of hydrogen-bond donors (Lipinski definition) is 1. The van der Waals surface area contributed by atoms with Crippen molar-refractivity contribution in [2.75, 3.05) is 11.5 Å². The van der Waals surface area contributed by atoms with Gasteiger partial charge in [0.2, 0.25) is 5.91 Å². The van der Waals surface area contributed by atoms with Crippen LogP contribution in [-0.4, -0.2) is 45.5 Å². The number of thioether (sulfide) groups is 1. The maximum atomic E-state index is 12.4. The minimum absolute atomic E-state index is 0.0543. The largest absolute Gasteiger partial charge is 0.480 e. The van der Waals surface area contributed by atoms with Crippen LogP contribution in [0.3, 0.4) is 0 Å². The summed E-state index contributed by atoms with van der Waals surface area (Å²) < 4.78 is 0. The average Bonchev–Trinajstić information content (AvgIpc) is 3.14. The molecule has 1 amide bonds. The first-order chi connectivity index (χ1) is 8.11. The summed E-state index contributed by atoms with van der Waals surface area (Å²) in [6, 6.07) is -0.493. The van der Waals surface area contributed by atoms with E-state index < -0.39 is 12.0 Å². The highest BCUT2D eigenvalue weighted by atomic mass is 32.2. The Labute approximate surface area is 106 Å². The Morgan fingerprint density at radius 2 is 1.82 bits per heavy atom. The molecule has 1 unspecified atom stereocenters. The van der Waals surface area contributed by atoms with Gasteiger partial charge in [0.05, 0.1) is 0 Å². The van der Waals surface area contributed by atoms with E-state index in [1.807, 2.05) is 11.8 Å². The van der Waals surface area contributed by atoms with Gasteiger partial charge in [0, 0.05) is 12.0 Å². The summed E-state index contributed by atoms with van der Waals surface area (Å²) >= 11 is 1.88. The van der Waals surface area contributed by atoms with Crippen molar-refractivity contribution in [1.29, 1.82) is 0 Å². The number of carbonyl (C=O) groups is 2. The van der Waals surface area contributed by atoms with Crippen LogP contribution in [0.5, 0.6) is 0 Å². The molecular formula is C12H19NO3S. The predicted octanol–water partition coefficient (Wildman–Crippen LogP) is 1.59. The summed E-state index contributed by atoms with van der Waals surface area (Å²) in [6.45, 7) is 1.62. The van der Waals surface area contributed by atoms with Crippen molar-refractivity contribution in [1.82, 2.24) is 4.90 Å². The monoisotopic (exact) mass is 257 g/mol. The molecule has 1 saturated carbocycles. The maximum absolute atomic E-state index is 12.4. The van der Waals surface area contributed by atoms with E-state index in [4.69, 9.17) is 5.11 Å². The van der Waals surface area contributed by atoms with Crippen molar-refractivity contribution in [2.45, 2.75) is 44.7 Å². The molecule has 1 N–H and O–H groups in total. The highest BCUT2D eigenvalue weighted by molar-refractivity contribution is 7.99. The lowest BCUT2D eigenvalue weighted by Gasteiger charge is -2.31. The molecule has 1 heterocycles. The smallest absolute Gasteiger partial charge is 0.326 e. The zero-order valence-electron chi connectivity index (χ0n) is 10.1. The van der Waals surface area contributed by atoms with Gasteiger partial charge >= 0.3 is 5.97 Å². The van der Waals surface area contributed by atoms with Crippen LogP contribution in [0.25, 0.3) is 0 Å². The van der Waals surface area contributed by atoms with Gasteiger partial charge in [-0.15, -0.1) is 0 Å². The molecule has 0 aromatic rings. The Morgan fingerprint density at radius 3 is 2.29 bits per heavy atom.